The zero-order valence-corrected chi connectivity index (χ0v) is 14.8. The first-order chi connectivity index (χ1) is 12.4. The van der Waals surface area contributed by atoms with E-state index in [-0.39, 0.29) is 27.5 Å². The summed E-state index contributed by atoms with van der Waals surface area (Å²) in [5, 5.41) is 9.62. The van der Waals surface area contributed by atoms with Crippen LogP contribution in [0.4, 0.5) is 0 Å². The molecule has 1 aromatic heterocycles. The van der Waals surface area contributed by atoms with E-state index in [1.807, 2.05) is 25.1 Å². The molecule has 26 heavy (non-hydrogen) atoms. The van der Waals surface area contributed by atoms with Crippen molar-refractivity contribution in [3.63, 3.8) is 0 Å². The Balaban J connectivity index is 2.07. The lowest BCUT2D eigenvalue weighted by Crippen LogP contribution is -2.11. The number of aromatic carboxylic acids is 1. The molecule has 0 saturated carbocycles. The number of aromatic nitrogens is 2. The van der Waals surface area contributed by atoms with Gasteiger partial charge in [0.1, 0.15) is 5.75 Å². The molecule has 0 amide bonds. The number of halogens is 1. The van der Waals surface area contributed by atoms with Crippen molar-refractivity contribution in [3.8, 4) is 5.75 Å². The van der Waals surface area contributed by atoms with Gasteiger partial charge in [0.25, 0.3) is 5.56 Å². The lowest BCUT2D eigenvalue weighted by Gasteiger charge is -2.06. The van der Waals surface area contributed by atoms with Crippen molar-refractivity contribution < 1.29 is 14.6 Å². The molecule has 0 aliphatic rings. The Morgan fingerprint density at radius 2 is 2.04 bits per heavy atom. The summed E-state index contributed by atoms with van der Waals surface area (Å²) in [7, 11) is 1.60. The van der Waals surface area contributed by atoms with Gasteiger partial charge in [0.2, 0.25) is 0 Å². The maximum Gasteiger partial charge on any atom is 0.335 e. The van der Waals surface area contributed by atoms with Gasteiger partial charge in [0.15, 0.2) is 5.82 Å². The molecule has 2 N–H and O–H groups in total. The number of carboxylic acid groups (broad SMARTS) is 1. The van der Waals surface area contributed by atoms with E-state index in [1.54, 1.807) is 13.2 Å². The van der Waals surface area contributed by atoms with Crippen molar-refractivity contribution >= 4 is 39.6 Å². The highest BCUT2D eigenvalue weighted by Gasteiger charge is 2.10. The van der Waals surface area contributed by atoms with Crippen molar-refractivity contribution in [3.05, 3.63) is 69.3 Å². The van der Waals surface area contributed by atoms with Crippen LogP contribution in [0.3, 0.4) is 0 Å². The minimum Gasteiger partial charge on any atom is -0.496 e. The Labute approximate surface area is 153 Å². The van der Waals surface area contributed by atoms with Crippen molar-refractivity contribution in [1.29, 1.82) is 0 Å². The lowest BCUT2D eigenvalue weighted by molar-refractivity contribution is 0.0697. The van der Waals surface area contributed by atoms with Gasteiger partial charge < -0.3 is 14.8 Å². The summed E-state index contributed by atoms with van der Waals surface area (Å²) in [6, 6.07) is 9.68. The van der Waals surface area contributed by atoms with Gasteiger partial charge in [0, 0.05) is 0 Å². The molecule has 3 rings (SSSR count). The van der Waals surface area contributed by atoms with Gasteiger partial charge in [-0.3, -0.25) is 4.79 Å². The first-order valence-electron chi connectivity index (χ1n) is 7.68. The van der Waals surface area contributed by atoms with Crippen LogP contribution >= 0.6 is 11.6 Å². The van der Waals surface area contributed by atoms with Gasteiger partial charge in [-0.2, -0.15) is 0 Å². The molecule has 0 radical (unpaired) electrons. The van der Waals surface area contributed by atoms with Gasteiger partial charge in [-0.15, -0.1) is 0 Å². The van der Waals surface area contributed by atoms with Crippen LogP contribution in [-0.4, -0.2) is 28.2 Å². The number of nitrogens with zero attached hydrogens (tertiary/aromatic N) is 1. The van der Waals surface area contributed by atoms with Gasteiger partial charge in [-0.05, 0) is 54.5 Å². The quantitative estimate of drug-likeness (QED) is 0.730. The van der Waals surface area contributed by atoms with Gasteiger partial charge in [0.05, 0.1) is 28.6 Å². The molecule has 0 atom stereocenters. The Hall–Kier alpha value is -3.12. The number of carbonyl (C=O) groups is 1. The Kier molecular flexibility index (Phi) is 4.77. The zero-order chi connectivity index (χ0) is 18.8. The predicted molar refractivity (Wildman–Crippen MR) is 101 cm³/mol. The molecule has 0 aliphatic carbocycles. The number of hydrogen-bond donors (Lipinski definition) is 2. The smallest absolute Gasteiger partial charge is 0.335 e. The summed E-state index contributed by atoms with van der Waals surface area (Å²) in [4.78, 5) is 30.2. The first kappa shape index (κ1) is 17.7. The van der Waals surface area contributed by atoms with Crippen LogP contribution in [0.15, 0.2) is 41.2 Å². The highest BCUT2D eigenvalue weighted by molar-refractivity contribution is 6.50. The summed E-state index contributed by atoms with van der Waals surface area (Å²) in [5.74, 6) is -0.164. The Morgan fingerprint density at radius 1 is 1.27 bits per heavy atom. The minimum atomic E-state index is -1.09. The van der Waals surface area contributed by atoms with E-state index in [0.29, 0.717) is 5.39 Å². The number of ether oxygens (including phenoxy) is 1. The molecule has 1 heterocycles. The van der Waals surface area contributed by atoms with E-state index in [1.165, 1.54) is 18.2 Å². The fourth-order valence-electron chi connectivity index (χ4n) is 2.59. The van der Waals surface area contributed by atoms with Crippen LogP contribution in [0, 0.1) is 6.92 Å². The van der Waals surface area contributed by atoms with Crippen LogP contribution in [0.5, 0.6) is 5.75 Å². The summed E-state index contributed by atoms with van der Waals surface area (Å²) < 4.78 is 5.22. The molecule has 0 saturated heterocycles. The van der Waals surface area contributed by atoms with Gasteiger partial charge in [-0.25, -0.2) is 9.78 Å². The molecule has 132 valence electrons. The van der Waals surface area contributed by atoms with Crippen LogP contribution in [0.2, 0.25) is 0 Å². The molecular formula is C19H15ClN2O4. The van der Waals surface area contributed by atoms with Crippen molar-refractivity contribution in [1.82, 2.24) is 9.97 Å². The monoisotopic (exact) mass is 370 g/mol. The van der Waals surface area contributed by atoms with Crippen LogP contribution in [-0.2, 0) is 0 Å². The van der Waals surface area contributed by atoms with E-state index in [9.17, 15) is 9.59 Å². The Bertz CT molecular complexity index is 1100. The summed E-state index contributed by atoms with van der Waals surface area (Å²) in [5.41, 5.74) is 1.68. The molecule has 0 aliphatic heterocycles. The molecule has 0 unspecified atom stereocenters. The number of carboxylic acids is 1. The molecule has 3 aromatic rings. The van der Waals surface area contributed by atoms with E-state index in [2.05, 4.69) is 9.97 Å². The molecule has 0 fully saturated rings. The topological polar surface area (TPSA) is 92.3 Å². The number of fused-ring (bicyclic) bond motifs is 1. The molecule has 7 heteroatoms. The predicted octanol–water partition coefficient (Wildman–Crippen LogP) is 3.68. The van der Waals surface area contributed by atoms with Crippen molar-refractivity contribution in [2.45, 2.75) is 6.92 Å². The van der Waals surface area contributed by atoms with Crippen LogP contribution < -0.4 is 10.3 Å². The molecular weight excluding hydrogens is 356 g/mol. The third kappa shape index (κ3) is 3.45. The number of methoxy groups -OCH3 is 1. The number of H-pyrrole nitrogens is 1. The largest absolute Gasteiger partial charge is 0.496 e. The third-order valence-electron chi connectivity index (χ3n) is 3.89. The number of aryl methyl sites for hydroxylation is 1. The third-order valence-corrected chi connectivity index (χ3v) is 4.18. The second-order valence-electron chi connectivity index (χ2n) is 5.67. The summed E-state index contributed by atoms with van der Waals surface area (Å²) in [6.45, 7) is 1.91. The maximum absolute atomic E-state index is 12.2. The normalized spacial score (nSPS) is 11.6. The first-order valence-corrected chi connectivity index (χ1v) is 8.06. The number of benzene rings is 2. The average Bonchev–Trinajstić information content (AvgIpc) is 2.61. The van der Waals surface area contributed by atoms with Gasteiger partial charge >= 0.3 is 5.97 Å². The molecule has 2 aromatic carbocycles. The SMILES string of the molecule is COc1ccc(/C=C(\Cl)c2nc3cc(C(=O)O)ccc3c(=O)[nH]2)cc1C. The van der Waals surface area contributed by atoms with Crippen LogP contribution in [0.25, 0.3) is 22.0 Å². The zero-order valence-electron chi connectivity index (χ0n) is 14.0. The number of hydrogen-bond acceptors (Lipinski definition) is 4. The number of rotatable bonds is 4. The van der Waals surface area contributed by atoms with E-state index < -0.39 is 5.97 Å². The Morgan fingerprint density at radius 3 is 2.69 bits per heavy atom. The maximum atomic E-state index is 12.2. The van der Waals surface area contributed by atoms with E-state index in [0.717, 1.165) is 16.9 Å². The van der Waals surface area contributed by atoms with E-state index >= 15 is 0 Å². The lowest BCUT2D eigenvalue weighted by atomic mass is 10.1. The molecule has 0 bridgehead atoms. The second kappa shape index (κ2) is 7.01. The highest BCUT2D eigenvalue weighted by atomic mass is 35.5. The van der Waals surface area contributed by atoms with Crippen molar-refractivity contribution in [2.24, 2.45) is 0 Å². The fraction of sp³-hybridized carbons (Fsp3) is 0.105. The van der Waals surface area contributed by atoms with E-state index in [4.69, 9.17) is 21.4 Å². The summed E-state index contributed by atoms with van der Waals surface area (Å²) in [6.07, 6.45) is 1.67. The number of nitrogens with one attached hydrogen (secondary N) is 1. The highest BCUT2D eigenvalue weighted by Crippen LogP contribution is 2.24. The second-order valence-corrected chi connectivity index (χ2v) is 6.08. The average molecular weight is 371 g/mol. The summed E-state index contributed by atoms with van der Waals surface area (Å²) >= 11 is 6.32. The number of aromatic amines is 1. The fourth-order valence-corrected chi connectivity index (χ4v) is 2.81. The standard InChI is InChI=1S/C19H15ClN2O4/c1-10-7-11(3-6-16(10)26-2)8-14(20)17-21-15-9-12(19(24)25)4-5-13(15)18(23)22-17/h3-9H,1-2H3,(H,24,25)(H,21,22,23)/b14-8-. The minimum absolute atomic E-state index is 0.0485. The molecule has 0 spiro atoms. The van der Waals surface area contributed by atoms with Gasteiger partial charge in [-0.1, -0.05) is 17.7 Å². The van der Waals surface area contributed by atoms with Crippen LogP contribution in [0.1, 0.15) is 27.3 Å². The molecule has 6 nitrogen and oxygen atoms in total. The van der Waals surface area contributed by atoms with Crippen molar-refractivity contribution in [2.75, 3.05) is 7.11 Å².